The van der Waals surface area contributed by atoms with Crippen LogP contribution in [-0.2, 0) is 0 Å². The average Bonchev–Trinajstić information content (AvgIpc) is 3.07. The Labute approximate surface area is 260 Å². The second kappa shape index (κ2) is 13.8. The van der Waals surface area contributed by atoms with Crippen molar-refractivity contribution in [2.45, 2.75) is 6.92 Å². The van der Waals surface area contributed by atoms with Crippen LogP contribution in [0.3, 0.4) is 0 Å². The van der Waals surface area contributed by atoms with Crippen molar-refractivity contribution in [3.05, 3.63) is 144 Å². The zero-order valence-corrected chi connectivity index (χ0v) is 24.6. The summed E-state index contributed by atoms with van der Waals surface area (Å²) in [6, 6.07) is 34.1. The molecule has 0 aliphatic rings. The molecule has 9 nitrogen and oxygen atoms in total. The molecule has 0 aromatic heterocycles. The van der Waals surface area contributed by atoms with Crippen LogP contribution in [0.5, 0.6) is 11.5 Å². The summed E-state index contributed by atoms with van der Waals surface area (Å²) in [6.07, 6.45) is 0. The van der Waals surface area contributed by atoms with Crippen molar-refractivity contribution in [2.75, 3.05) is 28.3 Å². The Morgan fingerprint density at radius 1 is 0.467 bits per heavy atom. The largest absolute Gasteiger partial charge is 0.457 e. The zero-order valence-electron chi connectivity index (χ0n) is 24.6. The molecule has 0 radical (unpaired) electrons. The molecule has 0 saturated heterocycles. The summed E-state index contributed by atoms with van der Waals surface area (Å²) in [7, 11) is 1.82. The number of carbonyl (C=O) groups is 4. The van der Waals surface area contributed by atoms with Gasteiger partial charge < -0.3 is 26.0 Å². The van der Waals surface area contributed by atoms with E-state index < -0.39 is 0 Å². The Bertz CT molecular complexity index is 1830. The van der Waals surface area contributed by atoms with Crippen molar-refractivity contribution >= 4 is 46.3 Å². The second-order valence-electron chi connectivity index (χ2n) is 10.1. The first-order valence-corrected chi connectivity index (χ1v) is 14.1. The topological polar surface area (TPSA) is 126 Å². The van der Waals surface area contributed by atoms with Gasteiger partial charge >= 0.3 is 0 Å². The highest BCUT2D eigenvalue weighted by Gasteiger charge is 2.11. The van der Waals surface area contributed by atoms with Gasteiger partial charge in [0, 0.05) is 52.1 Å². The van der Waals surface area contributed by atoms with Gasteiger partial charge in [0.1, 0.15) is 11.5 Å². The monoisotopic (exact) mass is 598 g/mol. The summed E-state index contributed by atoms with van der Waals surface area (Å²) >= 11 is 0. The molecule has 9 heteroatoms. The van der Waals surface area contributed by atoms with Crippen LogP contribution in [0.15, 0.2) is 121 Å². The molecule has 0 heterocycles. The molecule has 3 amide bonds. The predicted octanol–water partition coefficient (Wildman–Crippen LogP) is 7.48. The molecule has 0 bridgehead atoms. The summed E-state index contributed by atoms with van der Waals surface area (Å²) in [5, 5.41) is 11.5. The fraction of sp³-hybridized carbons (Fsp3) is 0.0556. The lowest BCUT2D eigenvalue weighted by molar-refractivity contribution is 0.101. The van der Waals surface area contributed by atoms with E-state index in [1.165, 1.54) is 6.92 Å². The Morgan fingerprint density at radius 2 is 0.844 bits per heavy atom. The lowest BCUT2D eigenvalue weighted by Gasteiger charge is -2.10. The lowest BCUT2D eigenvalue weighted by atomic mass is 10.1. The number of rotatable bonds is 10. The van der Waals surface area contributed by atoms with Gasteiger partial charge in [-0.25, -0.2) is 0 Å². The zero-order chi connectivity index (χ0) is 31.8. The van der Waals surface area contributed by atoms with Gasteiger partial charge in [0.25, 0.3) is 17.7 Å². The maximum Gasteiger partial charge on any atom is 0.255 e. The number of Topliss-reactive ketones (excluding diaryl/α,β-unsaturated/α-hetero) is 1. The minimum atomic E-state index is -0.355. The summed E-state index contributed by atoms with van der Waals surface area (Å²) in [5.41, 5.74) is 4.44. The van der Waals surface area contributed by atoms with E-state index in [2.05, 4.69) is 21.3 Å². The van der Waals surface area contributed by atoms with Crippen molar-refractivity contribution in [3.63, 3.8) is 0 Å². The van der Waals surface area contributed by atoms with Crippen LogP contribution in [0.1, 0.15) is 48.4 Å². The third-order valence-corrected chi connectivity index (χ3v) is 6.83. The second-order valence-corrected chi connectivity index (χ2v) is 10.1. The summed E-state index contributed by atoms with van der Waals surface area (Å²) < 4.78 is 5.90. The van der Waals surface area contributed by atoms with Crippen molar-refractivity contribution in [2.24, 2.45) is 0 Å². The fourth-order valence-electron chi connectivity index (χ4n) is 4.33. The van der Waals surface area contributed by atoms with Crippen LogP contribution in [0.25, 0.3) is 0 Å². The Morgan fingerprint density at radius 3 is 1.27 bits per heavy atom. The third kappa shape index (κ3) is 7.99. The van der Waals surface area contributed by atoms with Gasteiger partial charge in [-0.2, -0.15) is 0 Å². The van der Waals surface area contributed by atoms with E-state index in [0.29, 0.717) is 50.8 Å². The van der Waals surface area contributed by atoms with Crippen LogP contribution in [-0.4, -0.2) is 30.6 Å². The number of ether oxygens (including phenoxy) is 1. The van der Waals surface area contributed by atoms with E-state index >= 15 is 0 Å². The summed E-state index contributed by atoms with van der Waals surface area (Å²) in [4.78, 5) is 49.5. The van der Waals surface area contributed by atoms with Gasteiger partial charge in [0.15, 0.2) is 5.78 Å². The average molecular weight is 599 g/mol. The van der Waals surface area contributed by atoms with Crippen LogP contribution in [0.4, 0.5) is 22.7 Å². The van der Waals surface area contributed by atoms with Gasteiger partial charge in [-0.1, -0.05) is 12.1 Å². The minimum absolute atomic E-state index is 0.122. The maximum atomic E-state index is 12.8. The molecule has 0 aliphatic heterocycles. The predicted molar refractivity (Wildman–Crippen MR) is 176 cm³/mol. The number of anilines is 4. The first-order chi connectivity index (χ1) is 21.8. The van der Waals surface area contributed by atoms with E-state index in [0.717, 1.165) is 5.69 Å². The smallest absolute Gasteiger partial charge is 0.255 e. The number of hydrogen-bond donors (Lipinski definition) is 4. The fourth-order valence-corrected chi connectivity index (χ4v) is 4.33. The maximum absolute atomic E-state index is 12.8. The molecule has 0 aliphatic carbocycles. The first kappa shape index (κ1) is 30.2. The van der Waals surface area contributed by atoms with Crippen LogP contribution in [0.2, 0.25) is 0 Å². The van der Waals surface area contributed by atoms with Crippen molar-refractivity contribution < 1.29 is 23.9 Å². The number of hydrogen-bond acceptors (Lipinski definition) is 6. The van der Waals surface area contributed by atoms with E-state index in [-0.39, 0.29) is 23.5 Å². The van der Waals surface area contributed by atoms with Gasteiger partial charge in [-0.05, 0) is 116 Å². The third-order valence-electron chi connectivity index (χ3n) is 6.83. The molecule has 0 fully saturated rings. The molecular formula is C36H30N4O5. The highest BCUT2D eigenvalue weighted by molar-refractivity contribution is 6.07. The minimum Gasteiger partial charge on any atom is -0.457 e. The molecule has 5 aromatic carbocycles. The standard InChI is InChI=1S/C36H30N4O5/c1-23(41)26-4-3-5-27(22-26)36(44)40-29-12-8-25(9-13-29)35(43)39-31-16-20-33(21-17-31)45-32-18-14-30(15-19-32)38-34(42)24-6-10-28(37-2)11-7-24/h3-22,37H,1-2H3,(H,38,42)(H,39,43)(H,40,44). The normalized spacial score (nSPS) is 10.4. The number of ketones is 1. The molecule has 224 valence electrons. The van der Waals surface area contributed by atoms with Gasteiger partial charge in [-0.3, -0.25) is 19.2 Å². The molecule has 0 atom stereocenters. The molecular weight excluding hydrogens is 568 g/mol. The number of carbonyl (C=O) groups excluding carboxylic acids is 4. The Hall–Kier alpha value is -6.22. The van der Waals surface area contributed by atoms with E-state index in [4.69, 9.17) is 4.74 Å². The van der Waals surface area contributed by atoms with E-state index in [9.17, 15) is 19.2 Å². The van der Waals surface area contributed by atoms with E-state index in [1.807, 2.05) is 19.2 Å². The summed E-state index contributed by atoms with van der Waals surface area (Å²) in [5.74, 6) is 0.159. The number of amides is 3. The Balaban J connectivity index is 1.12. The van der Waals surface area contributed by atoms with Crippen molar-refractivity contribution in [1.29, 1.82) is 0 Å². The van der Waals surface area contributed by atoms with Crippen molar-refractivity contribution in [1.82, 2.24) is 0 Å². The molecule has 0 saturated carbocycles. The molecule has 5 aromatic rings. The van der Waals surface area contributed by atoms with Gasteiger partial charge in [0.05, 0.1) is 0 Å². The Kier molecular flexibility index (Phi) is 9.30. The molecule has 45 heavy (non-hydrogen) atoms. The van der Waals surface area contributed by atoms with Crippen molar-refractivity contribution in [3.8, 4) is 11.5 Å². The SMILES string of the molecule is CNc1ccc(C(=O)Nc2ccc(Oc3ccc(NC(=O)c4ccc(NC(=O)c5cccc(C(C)=O)c5)cc4)cc3)cc2)cc1. The van der Waals surface area contributed by atoms with Gasteiger partial charge in [0.2, 0.25) is 0 Å². The van der Waals surface area contributed by atoms with Gasteiger partial charge in [-0.15, -0.1) is 0 Å². The number of benzene rings is 5. The van der Waals surface area contributed by atoms with E-state index in [1.54, 1.807) is 109 Å². The molecule has 4 N–H and O–H groups in total. The molecule has 0 spiro atoms. The molecule has 0 unspecified atom stereocenters. The first-order valence-electron chi connectivity index (χ1n) is 14.1. The van der Waals surface area contributed by atoms with Crippen LogP contribution < -0.4 is 26.0 Å². The highest BCUT2D eigenvalue weighted by Crippen LogP contribution is 2.25. The number of nitrogens with one attached hydrogen (secondary N) is 4. The van der Waals surface area contributed by atoms with Crippen LogP contribution >= 0.6 is 0 Å². The molecule has 5 rings (SSSR count). The quantitative estimate of drug-likeness (QED) is 0.124. The van der Waals surface area contributed by atoms with Crippen LogP contribution in [0, 0.1) is 0 Å². The lowest BCUT2D eigenvalue weighted by Crippen LogP contribution is -2.14. The summed E-state index contributed by atoms with van der Waals surface area (Å²) in [6.45, 7) is 1.44. The highest BCUT2D eigenvalue weighted by atomic mass is 16.5.